The minimum atomic E-state index is -1.05. The van der Waals surface area contributed by atoms with Gasteiger partial charge >= 0.3 is 0 Å². The lowest BCUT2D eigenvalue weighted by atomic mass is 9.89. The molecular formula is C18H24Cl2N2O2. The summed E-state index contributed by atoms with van der Waals surface area (Å²) in [7, 11) is 0. The Bertz CT molecular complexity index is 611. The third-order valence-electron chi connectivity index (χ3n) is 4.44. The molecule has 0 aliphatic carbocycles. The number of nitrogens with one attached hydrogen (secondary N) is 1. The van der Waals surface area contributed by atoms with Crippen LogP contribution in [0, 0.1) is 5.41 Å². The van der Waals surface area contributed by atoms with Crippen LogP contribution < -0.4 is 5.32 Å². The second-order valence-corrected chi connectivity index (χ2v) is 7.56. The van der Waals surface area contributed by atoms with E-state index in [1.807, 2.05) is 6.07 Å². The summed E-state index contributed by atoms with van der Waals surface area (Å²) in [5.74, 6) is -0.340. The number of amides is 2. The third kappa shape index (κ3) is 4.64. The minimum Gasteiger partial charge on any atom is -0.355 e. The second-order valence-electron chi connectivity index (χ2n) is 6.72. The molecule has 4 nitrogen and oxygen atoms in total. The number of benzene rings is 1. The zero-order valence-electron chi connectivity index (χ0n) is 14.2. The molecule has 0 unspecified atom stereocenters. The SMILES string of the molecule is CC(C)(C(=O)NCCc1ccc(Cl)cc1Cl)C(=O)N1CCCCC1. The van der Waals surface area contributed by atoms with Gasteiger partial charge in [0.05, 0.1) is 0 Å². The lowest BCUT2D eigenvalue weighted by Crippen LogP contribution is -2.51. The van der Waals surface area contributed by atoms with Gasteiger partial charge in [0.2, 0.25) is 11.8 Å². The molecule has 0 spiro atoms. The zero-order valence-corrected chi connectivity index (χ0v) is 15.7. The molecule has 1 aliphatic rings. The highest BCUT2D eigenvalue weighted by Crippen LogP contribution is 2.23. The Hall–Kier alpha value is -1.26. The first kappa shape index (κ1) is 19.1. The maximum Gasteiger partial charge on any atom is 0.237 e. The van der Waals surface area contributed by atoms with Gasteiger partial charge in [-0.15, -0.1) is 0 Å². The average Bonchev–Trinajstić information content (AvgIpc) is 2.56. The number of piperidine rings is 1. The second kappa shape index (κ2) is 8.21. The van der Waals surface area contributed by atoms with Gasteiger partial charge < -0.3 is 10.2 Å². The van der Waals surface area contributed by atoms with Crippen LogP contribution in [0.15, 0.2) is 18.2 Å². The van der Waals surface area contributed by atoms with Crippen molar-refractivity contribution in [1.29, 1.82) is 0 Å². The summed E-state index contributed by atoms with van der Waals surface area (Å²) in [5.41, 5.74) is -0.136. The molecular weight excluding hydrogens is 347 g/mol. The van der Waals surface area contributed by atoms with Gasteiger partial charge in [-0.3, -0.25) is 9.59 Å². The van der Waals surface area contributed by atoms with E-state index in [4.69, 9.17) is 23.2 Å². The Labute approximate surface area is 153 Å². The molecule has 132 valence electrons. The van der Waals surface area contributed by atoms with Gasteiger partial charge in [0.25, 0.3) is 0 Å². The fourth-order valence-electron chi connectivity index (χ4n) is 2.85. The van der Waals surface area contributed by atoms with Crippen LogP contribution in [0.4, 0.5) is 0 Å². The quantitative estimate of drug-likeness (QED) is 0.803. The maximum absolute atomic E-state index is 12.6. The summed E-state index contributed by atoms with van der Waals surface area (Å²) in [6, 6.07) is 5.30. The maximum atomic E-state index is 12.6. The van der Waals surface area contributed by atoms with E-state index >= 15 is 0 Å². The Morgan fingerprint density at radius 2 is 1.83 bits per heavy atom. The number of carbonyl (C=O) groups excluding carboxylic acids is 2. The van der Waals surface area contributed by atoms with Gasteiger partial charge in [-0.25, -0.2) is 0 Å². The molecule has 0 saturated carbocycles. The molecule has 1 saturated heterocycles. The van der Waals surface area contributed by atoms with Crippen molar-refractivity contribution in [2.45, 2.75) is 39.5 Å². The number of hydrogen-bond acceptors (Lipinski definition) is 2. The standard InChI is InChI=1S/C18H24Cl2N2O2/c1-18(2,17(24)22-10-4-3-5-11-22)16(23)21-9-8-13-6-7-14(19)12-15(13)20/h6-7,12H,3-5,8-11H2,1-2H3,(H,21,23). The van der Waals surface area contributed by atoms with Gasteiger partial charge in [0.15, 0.2) is 0 Å². The van der Waals surface area contributed by atoms with Crippen molar-refractivity contribution in [2.75, 3.05) is 19.6 Å². The van der Waals surface area contributed by atoms with E-state index in [1.165, 1.54) is 0 Å². The van der Waals surface area contributed by atoms with Crippen LogP contribution in [0.3, 0.4) is 0 Å². The minimum absolute atomic E-state index is 0.0933. The number of halogens is 2. The number of rotatable bonds is 5. The Kier molecular flexibility index (Phi) is 6.53. The summed E-state index contributed by atoms with van der Waals surface area (Å²) in [5, 5.41) is 4.02. The Morgan fingerprint density at radius 1 is 1.17 bits per heavy atom. The molecule has 0 aromatic heterocycles. The first-order valence-corrected chi connectivity index (χ1v) is 9.09. The molecule has 2 amide bonds. The molecule has 1 aromatic carbocycles. The van der Waals surface area contributed by atoms with E-state index in [0.29, 0.717) is 23.0 Å². The van der Waals surface area contributed by atoms with Crippen LogP contribution in [0.25, 0.3) is 0 Å². The first-order chi connectivity index (χ1) is 11.3. The van der Waals surface area contributed by atoms with Crippen LogP contribution in [0.2, 0.25) is 10.0 Å². The van der Waals surface area contributed by atoms with Crippen LogP contribution in [0.1, 0.15) is 38.7 Å². The average molecular weight is 371 g/mol. The van der Waals surface area contributed by atoms with Crippen molar-refractivity contribution < 1.29 is 9.59 Å². The van der Waals surface area contributed by atoms with Crippen molar-refractivity contribution >= 4 is 35.0 Å². The number of likely N-dealkylation sites (tertiary alicyclic amines) is 1. The van der Waals surface area contributed by atoms with E-state index in [0.717, 1.165) is 37.9 Å². The summed E-state index contributed by atoms with van der Waals surface area (Å²) < 4.78 is 0. The van der Waals surface area contributed by atoms with E-state index in [1.54, 1.807) is 30.9 Å². The van der Waals surface area contributed by atoms with Crippen molar-refractivity contribution in [2.24, 2.45) is 5.41 Å². The molecule has 6 heteroatoms. The van der Waals surface area contributed by atoms with Crippen molar-refractivity contribution in [1.82, 2.24) is 10.2 Å². The molecule has 1 aromatic rings. The highest BCUT2D eigenvalue weighted by Gasteiger charge is 2.39. The topological polar surface area (TPSA) is 49.4 Å². The number of nitrogens with zero attached hydrogens (tertiary/aromatic N) is 1. The zero-order chi connectivity index (χ0) is 17.7. The fraction of sp³-hybridized carbons (Fsp3) is 0.556. The molecule has 1 N–H and O–H groups in total. The third-order valence-corrected chi connectivity index (χ3v) is 5.03. The predicted molar refractivity (Wildman–Crippen MR) is 97.4 cm³/mol. The van der Waals surface area contributed by atoms with Crippen LogP contribution >= 0.6 is 23.2 Å². The first-order valence-electron chi connectivity index (χ1n) is 8.34. The predicted octanol–water partition coefficient (Wildman–Crippen LogP) is 3.69. The normalized spacial score (nSPS) is 15.2. The molecule has 1 heterocycles. The molecule has 24 heavy (non-hydrogen) atoms. The molecule has 1 aliphatic heterocycles. The van der Waals surface area contributed by atoms with Gasteiger partial charge in [-0.05, 0) is 57.2 Å². The largest absolute Gasteiger partial charge is 0.355 e. The van der Waals surface area contributed by atoms with Gasteiger partial charge in [0, 0.05) is 29.7 Å². The van der Waals surface area contributed by atoms with Crippen molar-refractivity contribution in [3.05, 3.63) is 33.8 Å². The summed E-state index contributed by atoms with van der Waals surface area (Å²) >= 11 is 12.0. The van der Waals surface area contributed by atoms with Gasteiger partial charge in [-0.1, -0.05) is 29.3 Å². The van der Waals surface area contributed by atoms with E-state index < -0.39 is 5.41 Å². The number of carbonyl (C=O) groups is 2. The van der Waals surface area contributed by atoms with Crippen molar-refractivity contribution in [3.8, 4) is 0 Å². The molecule has 0 atom stereocenters. The van der Waals surface area contributed by atoms with E-state index in [2.05, 4.69) is 5.32 Å². The molecule has 1 fully saturated rings. The lowest BCUT2D eigenvalue weighted by molar-refractivity contribution is -0.149. The van der Waals surface area contributed by atoms with E-state index in [-0.39, 0.29) is 11.8 Å². The highest BCUT2D eigenvalue weighted by atomic mass is 35.5. The molecule has 2 rings (SSSR count). The number of hydrogen-bond donors (Lipinski definition) is 1. The Morgan fingerprint density at radius 3 is 2.46 bits per heavy atom. The molecule has 0 radical (unpaired) electrons. The van der Waals surface area contributed by atoms with E-state index in [9.17, 15) is 9.59 Å². The van der Waals surface area contributed by atoms with Gasteiger partial charge in [0.1, 0.15) is 5.41 Å². The fourth-order valence-corrected chi connectivity index (χ4v) is 3.35. The summed E-state index contributed by atoms with van der Waals surface area (Å²) in [4.78, 5) is 26.9. The van der Waals surface area contributed by atoms with Crippen LogP contribution in [-0.4, -0.2) is 36.3 Å². The monoisotopic (exact) mass is 370 g/mol. The lowest BCUT2D eigenvalue weighted by Gasteiger charge is -2.33. The molecule has 0 bridgehead atoms. The van der Waals surface area contributed by atoms with Crippen LogP contribution in [-0.2, 0) is 16.0 Å². The van der Waals surface area contributed by atoms with Crippen LogP contribution in [0.5, 0.6) is 0 Å². The highest BCUT2D eigenvalue weighted by molar-refractivity contribution is 6.35. The van der Waals surface area contributed by atoms with Crippen molar-refractivity contribution in [3.63, 3.8) is 0 Å². The summed E-state index contributed by atoms with van der Waals surface area (Å²) in [6.07, 6.45) is 3.77. The summed E-state index contributed by atoms with van der Waals surface area (Å²) in [6.45, 7) is 5.30. The Balaban J connectivity index is 1.89. The van der Waals surface area contributed by atoms with Gasteiger partial charge in [-0.2, -0.15) is 0 Å². The smallest absolute Gasteiger partial charge is 0.237 e.